The van der Waals surface area contributed by atoms with Crippen LogP contribution in [0.4, 0.5) is 0 Å². The molecule has 98 valence electrons. The van der Waals surface area contributed by atoms with Crippen molar-refractivity contribution in [2.45, 2.75) is 37.6 Å². The highest BCUT2D eigenvalue weighted by Gasteiger charge is 2.38. The number of nitrogens with two attached hydrogens (primary N) is 1. The van der Waals surface area contributed by atoms with Crippen molar-refractivity contribution >= 4 is 17.5 Å². The smallest absolute Gasteiger partial charge is 0.236 e. The number of halogens is 1. The second-order valence-electron chi connectivity index (χ2n) is 5.15. The molecule has 0 aliphatic heterocycles. The fourth-order valence-electron chi connectivity index (χ4n) is 2.39. The molecule has 0 heterocycles. The molecule has 1 aromatic carbocycles. The summed E-state index contributed by atoms with van der Waals surface area (Å²) in [6.07, 6.45) is 3.42. The second-order valence-corrected chi connectivity index (χ2v) is 5.58. The minimum atomic E-state index is -0.452. The largest absolute Gasteiger partial charge is 0.354 e. The van der Waals surface area contributed by atoms with Crippen LogP contribution in [-0.2, 0) is 10.2 Å². The van der Waals surface area contributed by atoms with Gasteiger partial charge in [-0.05, 0) is 37.5 Å². The average molecular weight is 267 g/mol. The van der Waals surface area contributed by atoms with E-state index in [2.05, 4.69) is 17.4 Å². The van der Waals surface area contributed by atoms with Gasteiger partial charge in [0.05, 0.1) is 6.04 Å². The summed E-state index contributed by atoms with van der Waals surface area (Å²) >= 11 is 5.91. The number of carbonyl (C=O) groups is 1. The zero-order valence-electron chi connectivity index (χ0n) is 10.6. The molecule has 1 aliphatic rings. The van der Waals surface area contributed by atoms with Crippen LogP contribution >= 0.6 is 11.6 Å². The Morgan fingerprint density at radius 3 is 2.50 bits per heavy atom. The van der Waals surface area contributed by atoms with E-state index in [4.69, 9.17) is 17.3 Å². The Kier molecular flexibility index (Phi) is 3.93. The van der Waals surface area contributed by atoms with E-state index in [0.29, 0.717) is 6.54 Å². The molecule has 1 aliphatic carbocycles. The van der Waals surface area contributed by atoms with Crippen molar-refractivity contribution in [3.63, 3.8) is 0 Å². The molecule has 2 rings (SSSR count). The van der Waals surface area contributed by atoms with Gasteiger partial charge in [-0.3, -0.25) is 4.79 Å². The topological polar surface area (TPSA) is 55.1 Å². The highest BCUT2D eigenvalue weighted by Crippen LogP contribution is 2.43. The lowest BCUT2D eigenvalue weighted by atomic mass is 9.64. The number of benzene rings is 1. The molecule has 0 bridgehead atoms. The zero-order valence-corrected chi connectivity index (χ0v) is 11.3. The first kappa shape index (κ1) is 13.4. The van der Waals surface area contributed by atoms with Crippen LogP contribution in [0.1, 0.15) is 31.7 Å². The first-order chi connectivity index (χ1) is 8.53. The molecule has 0 radical (unpaired) electrons. The summed E-state index contributed by atoms with van der Waals surface area (Å²) in [5, 5.41) is 3.68. The molecule has 4 heteroatoms. The molecule has 18 heavy (non-hydrogen) atoms. The van der Waals surface area contributed by atoms with Crippen molar-refractivity contribution in [2.24, 2.45) is 5.73 Å². The van der Waals surface area contributed by atoms with Gasteiger partial charge in [0.1, 0.15) is 0 Å². The molecule has 3 nitrogen and oxygen atoms in total. The Morgan fingerprint density at radius 2 is 2.06 bits per heavy atom. The Morgan fingerprint density at radius 1 is 1.44 bits per heavy atom. The van der Waals surface area contributed by atoms with E-state index >= 15 is 0 Å². The molecule has 3 N–H and O–H groups in total. The summed E-state index contributed by atoms with van der Waals surface area (Å²) < 4.78 is 0. The van der Waals surface area contributed by atoms with Crippen molar-refractivity contribution in [3.05, 3.63) is 34.9 Å². The van der Waals surface area contributed by atoms with Crippen LogP contribution < -0.4 is 11.1 Å². The van der Waals surface area contributed by atoms with Crippen molar-refractivity contribution < 1.29 is 4.79 Å². The molecule has 0 aromatic heterocycles. The van der Waals surface area contributed by atoms with Crippen LogP contribution in [-0.4, -0.2) is 18.5 Å². The number of nitrogens with one attached hydrogen (secondary N) is 1. The summed E-state index contributed by atoms with van der Waals surface area (Å²) in [6, 6.07) is 7.47. The highest BCUT2D eigenvalue weighted by atomic mass is 35.5. The van der Waals surface area contributed by atoms with Gasteiger partial charge in [-0.15, -0.1) is 0 Å². The Balaban J connectivity index is 2.07. The van der Waals surface area contributed by atoms with Crippen LogP contribution in [0.2, 0.25) is 5.02 Å². The van der Waals surface area contributed by atoms with Crippen LogP contribution in [0.15, 0.2) is 24.3 Å². The van der Waals surface area contributed by atoms with E-state index in [1.165, 1.54) is 12.0 Å². The lowest BCUT2D eigenvalue weighted by Crippen LogP contribution is -2.49. The van der Waals surface area contributed by atoms with Crippen molar-refractivity contribution in [1.82, 2.24) is 5.32 Å². The minimum absolute atomic E-state index is 0.0785. The molecular weight excluding hydrogens is 248 g/mol. The maximum absolute atomic E-state index is 11.6. The maximum atomic E-state index is 11.6. The van der Waals surface area contributed by atoms with Gasteiger partial charge in [-0.25, -0.2) is 0 Å². The highest BCUT2D eigenvalue weighted by molar-refractivity contribution is 6.30. The average Bonchev–Trinajstić information content (AvgIpc) is 2.29. The first-order valence-corrected chi connectivity index (χ1v) is 6.71. The Bertz CT molecular complexity index is 424. The first-order valence-electron chi connectivity index (χ1n) is 6.33. The fourth-order valence-corrected chi connectivity index (χ4v) is 2.52. The zero-order chi connectivity index (χ0) is 13.2. The lowest BCUT2D eigenvalue weighted by molar-refractivity contribution is -0.122. The summed E-state index contributed by atoms with van der Waals surface area (Å²) in [5.41, 5.74) is 6.89. The van der Waals surface area contributed by atoms with Crippen LogP contribution in [0.25, 0.3) is 0 Å². The molecule has 1 amide bonds. The van der Waals surface area contributed by atoms with Gasteiger partial charge in [-0.2, -0.15) is 0 Å². The van der Waals surface area contributed by atoms with E-state index in [1.807, 2.05) is 12.1 Å². The van der Waals surface area contributed by atoms with E-state index < -0.39 is 6.04 Å². The standard InChI is InChI=1S/C14H19ClN2O/c1-10(16)13(18)17-9-14(7-2-8-14)11-3-5-12(15)6-4-11/h3-6,10H,2,7-9,16H2,1H3,(H,17,18)/t10-/m1/s1. The third-order valence-electron chi connectivity index (χ3n) is 3.78. The molecule has 0 unspecified atom stereocenters. The summed E-state index contributed by atoms with van der Waals surface area (Å²) in [7, 11) is 0. The molecule has 1 fully saturated rings. The quantitative estimate of drug-likeness (QED) is 0.878. The monoisotopic (exact) mass is 266 g/mol. The predicted molar refractivity (Wildman–Crippen MR) is 73.6 cm³/mol. The second kappa shape index (κ2) is 5.29. The normalized spacial score (nSPS) is 18.8. The molecule has 0 saturated heterocycles. The van der Waals surface area contributed by atoms with E-state index in [1.54, 1.807) is 6.92 Å². The Hall–Kier alpha value is -1.06. The van der Waals surface area contributed by atoms with Crippen LogP contribution in [0.5, 0.6) is 0 Å². The van der Waals surface area contributed by atoms with Gasteiger partial charge >= 0.3 is 0 Å². The van der Waals surface area contributed by atoms with Crippen LogP contribution in [0, 0.1) is 0 Å². The van der Waals surface area contributed by atoms with E-state index in [-0.39, 0.29) is 11.3 Å². The molecule has 0 spiro atoms. The third-order valence-corrected chi connectivity index (χ3v) is 4.03. The van der Waals surface area contributed by atoms with Gasteiger partial charge in [0.2, 0.25) is 5.91 Å². The summed E-state index contributed by atoms with van der Waals surface area (Å²) in [6.45, 7) is 2.36. The van der Waals surface area contributed by atoms with Crippen molar-refractivity contribution in [2.75, 3.05) is 6.54 Å². The Labute approximate surface area is 113 Å². The SMILES string of the molecule is C[C@@H](N)C(=O)NCC1(c2ccc(Cl)cc2)CCC1. The number of rotatable bonds is 4. The van der Waals surface area contributed by atoms with Crippen molar-refractivity contribution in [3.8, 4) is 0 Å². The third kappa shape index (κ3) is 2.68. The minimum Gasteiger partial charge on any atom is -0.354 e. The molecular formula is C14H19ClN2O. The lowest BCUT2D eigenvalue weighted by Gasteiger charge is -2.42. The van der Waals surface area contributed by atoms with E-state index in [9.17, 15) is 4.79 Å². The summed E-state index contributed by atoms with van der Waals surface area (Å²) in [4.78, 5) is 11.6. The number of amides is 1. The fraction of sp³-hybridized carbons (Fsp3) is 0.500. The number of hydrogen-bond donors (Lipinski definition) is 2. The van der Waals surface area contributed by atoms with Gasteiger partial charge in [0.15, 0.2) is 0 Å². The number of carbonyl (C=O) groups excluding carboxylic acids is 1. The van der Waals surface area contributed by atoms with Gasteiger partial charge in [0.25, 0.3) is 0 Å². The summed E-state index contributed by atoms with van der Waals surface area (Å²) in [5.74, 6) is -0.0877. The number of hydrogen-bond acceptors (Lipinski definition) is 2. The van der Waals surface area contributed by atoms with Gasteiger partial charge < -0.3 is 11.1 Å². The van der Waals surface area contributed by atoms with Gasteiger partial charge in [-0.1, -0.05) is 30.2 Å². The van der Waals surface area contributed by atoms with Crippen molar-refractivity contribution in [1.29, 1.82) is 0 Å². The molecule has 1 saturated carbocycles. The van der Waals surface area contributed by atoms with E-state index in [0.717, 1.165) is 17.9 Å². The molecule has 1 atom stereocenters. The molecule has 1 aromatic rings. The van der Waals surface area contributed by atoms with Crippen LogP contribution in [0.3, 0.4) is 0 Å². The van der Waals surface area contributed by atoms with Gasteiger partial charge in [0, 0.05) is 17.0 Å². The predicted octanol–water partition coefficient (Wildman–Crippen LogP) is 2.23. The maximum Gasteiger partial charge on any atom is 0.236 e.